The molecule has 4 heterocycles. The van der Waals surface area contributed by atoms with Crippen LogP contribution in [-0.2, 0) is 27.2 Å². The Morgan fingerprint density at radius 1 is 1.38 bits per heavy atom. The van der Waals surface area contributed by atoms with Crippen LogP contribution in [0.2, 0.25) is 0 Å². The number of hydrogen-bond donors (Lipinski definition) is 2. The van der Waals surface area contributed by atoms with Crippen LogP contribution in [0.5, 0.6) is 0 Å². The van der Waals surface area contributed by atoms with E-state index < -0.39 is 6.03 Å². The van der Waals surface area contributed by atoms with E-state index >= 15 is 0 Å². The minimum Gasteiger partial charge on any atom is -0.469 e. The fourth-order valence-electron chi connectivity index (χ4n) is 4.84. The zero-order valence-electron chi connectivity index (χ0n) is 21.8. The molecule has 0 spiro atoms. The molecule has 1 saturated carbocycles. The highest BCUT2D eigenvalue weighted by molar-refractivity contribution is 6.01. The lowest BCUT2D eigenvalue weighted by Gasteiger charge is -2.30. The van der Waals surface area contributed by atoms with Crippen molar-refractivity contribution in [3.8, 4) is 6.07 Å². The molecular weight excluding hydrogens is 502 g/mol. The normalized spacial score (nSPS) is 18.9. The quantitative estimate of drug-likeness (QED) is 0.384. The SMILES string of the molecule is COC1(CNc2cc(NC(=O)N3CCCc4cc(CN5C(=C=O)OCC5C)c(C=O)nc43)ncc2C#N)CC1. The number of fused-ring (bicyclic) bond motifs is 1. The third kappa shape index (κ3) is 5.27. The predicted molar refractivity (Wildman–Crippen MR) is 141 cm³/mol. The first-order chi connectivity index (χ1) is 18.9. The van der Waals surface area contributed by atoms with Crippen LogP contribution in [-0.4, -0.2) is 71.6 Å². The Morgan fingerprint density at radius 2 is 2.21 bits per heavy atom. The number of nitrogens with zero attached hydrogens (tertiary/aromatic N) is 5. The Balaban J connectivity index is 1.35. The fraction of sp³-hybridized carbons (Fsp3) is 0.444. The van der Waals surface area contributed by atoms with Crippen molar-refractivity contribution >= 4 is 35.6 Å². The first-order valence-corrected chi connectivity index (χ1v) is 12.8. The number of hydrogen-bond acceptors (Lipinski definition) is 10. The molecule has 3 aliphatic rings. The van der Waals surface area contributed by atoms with Crippen LogP contribution in [0.1, 0.15) is 53.4 Å². The van der Waals surface area contributed by atoms with Gasteiger partial charge in [0.15, 0.2) is 12.2 Å². The second-order valence-electron chi connectivity index (χ2n) is 9.98. The Hall–Kier alpha value is -4.46. The Morgan fingerprint density at radius 3 is 2.90 bits per heavy atom. The maximum absolute atomic E-state index is 13.3. The molecule has 1 saturated heterocycles. The van der Waals surface area contributed by atoms with Crippen LogP contribution in [0.15, 0.2) is 24.2 Å². The van der Waals surface area contributed by atoms with E-state index in [1.54, 1.807) is 18.1 Å². The maximum Gasteiger partial charge on any atom is 0.328 e. The number of carbonyl (C=O) groups is 2. The molecule has 2 amide bonds. The number of amides is 2. The molecule has 2 aromatic rings. The summed E-state index contributed by atoms with van der Waals surface area (Å²) in [4.78, 5) is 48.6. The van der Waals surface area contributed by atoms with E-state index in [0.717, 1.165) is 18.4 Å². The largest absolute Gasteiger partial charge is 0.469 e. The van der Waals surface area contributed by atoms with Gasteiger partial charge in [0.05, 0.1) is 22.9 Å². The smallest absolute Gasteiger partial charge is 0.328 e. The number of nitrogens with one attached hydrogen (secondary N) is 2. The standard InChI is InChI=1S/C27H29N7O5/c1-17-15-39-24(14-36)34(17)12-19-8-18-4-3-7-33(25(18)31-22(19)13-35)26(37)32-23-9-21(20(10-28)11-29-23)30-16-27(38-2)5-6-27/h8-9,11,13,17H,3-7,12,15-16H2,1-2H3,(H2,29,30,32,37). The van der Waals surface area contributed by atoms with Gasteiger partial charge in [0.1, 0.15) is 30.0 Å². The van der Waals surface area contributed by atoms with Gasteiger partial charge in [0, 0.05) is 44.6 Å². The number of aldehydes is 1. The second kappa shape index (κ2) is 10.7. The highest BCUT2D eigenvalue weighted by atomic mass is 16.5. The molecule has 39 heavy (non-hydrogen) atoms. The minimum atomic E-state index is -0.445. The maximum atomic E-state index is 13.3. The molecule has 12 heteroatoms. The number of ether oxygens (including phenoxy) is 2. The second-order valence-corrected chi connectivity index (χ2v) is 9.98. The number of rotatable bonds is 8. The number of anilines is 3. The minimum absolute atomic E-state index is 0.0529. The van der Waals surface area contributed by atoms with E-state index in [0.29, 0.717) is 61.5 Å². The predicted octanol–water partition coefficient (Wildman–Crippen LogP) is 2.63. The van der Waals surface area contributed by atoms with Gasteiger partial charge >= 0.3 is 6.03 Å². The van der Waals surface area contributed by atoms with Crippen LogP contribution in [0.3, 0.4) is 0 Å². The zero-order chi connectivity index (χ0) is 27.6. The summed E-state index contributed by atoms with van der Waals surface area (Å²) in [6, 6.07) is 5.10. The first-order valence-electron chi connectivity index (χ1n) is 12.8. The molecule has 1 aliphatic carbocycles. The number of aromatic nitrogens is 2. The summed E-state index contributed by atoms with van der Waals surface area (Å²) in [5, 5.41) is 15.5. The van der Waals surface area contributed by atoms with Gasteiger partial charge in [-0.3, -0.25) is 15.0 Å². The van der Waals surface area contributed by atoms with E-state index in [4.69, 9.17) is 9.47 Å². The van der Waals surface area contributed by atoms with E-state index in [-0.39, 0.29) is 35.6 Å². The Kier molecular flexibility index (Phi) is 7.19. The molecular formula is C27H29N7O5. The molecule has 2 fully saturated rings. The van der Waals surface area contributed by atoms with Crippen molar-refractivity contribution in [1.29, 1.82) is 5.26 Å². The third-order valence-corrected chi connectivity index (χ3v) is 7.41. The number of nitriles is 1. The van der Waals surface area contributed by atoms with Gasteiger partial charge in [0.2, 0.25) is 0 Å². The zero-order valence-corrected chi connectivity index (χ0v) is 21.8. The van der Waals surface area contributed by atoms with Gasteiger partial charge in [-0.2, -0.15) is 5.26 Å². The van der Waals surface area contributed by atoms with Gasteiger partial charge in [0.25, 0.3) is 5.88 Å². The number of urea groups is 1. The van der Waals surface area contributed by atoms with Crippen molar-refractivity contribution in [1.82, 2.24) is 14.9 Å². The highest BCUT2D eigenvalue weighted by Crippen LogP contribution is 2.39. The van der Waals surface area contributed by atoms with Gasteiger partial charge in [-0.05, 0) is 44.2 Å². The molecule has 0 aromatic carbocycles. The van der Waals surface area contributed by atoms with Crippen LogP contribution in [0, 0.1) is 11.3 Å². The summed E-state index contributed by atoms with van der Waals surface area (Å²) < 4.78 is 10.9. The molecule has 5 rings (SSSR count). The molecule has 1 atom stereocenters. The van der Waals surface area contributed by atoms with Crippen molar-refractivity contribution in [3.63, 3.8) is 0 Å². The van der Waals surface area contributed by atoms with E-state index in [2.05, 4.69) is 26.7 Å². The summed E-state index contributed by atoms with van der Waals surface area (Å²) in [6.45, 7) is 3.50. The van der Waals surface area contributed by atoms with E-state index in [9.17, 15) is 19.6 Å². The van der Waals surface area contributed by atoms with Crippen molar-refractivity contribution in [2.24, 2.45) is 0 Å². The summed E-state index contributed by atoms with van der Waals surface area (Å²) >= 11 is 0. The van der Waals surface area contributed by atoms with Crippen LogP contribution < -0.4 is 15.5 Å². The molecule has 1 unspecified atom stereocenters. The van der Waals surface area contributed by atoms with Crippen LogP contribution in [0.25, 0.3) is 0 Å². The summed E-state index contributed by atoms with van der Waals surface area (Å²) in [7, 11) is 1.67. The van der Waals surface area contributed by atoms with Crippen molar-refractivity contribution in [3.05, 3.63) is 46.6 Å². The molecule has 12 nitrogen and oxygen atoms in total. The lowest BCUT2D eigenvalue weighted by molar-refractivity contribution is 0.0914. The van der Waals surface area contributed by atoms with Gasteiger partial charge in [-0.15, -0.1) is 0 Å². The van der Waals surface area contributed by atoms with Crippen molar-refractivity contribution in [2.75, 3.05) is 42.3 Å². The molecule has 0 radical (unpaired) electrons. The van der Waals surface area contributed by atoms with E-state index in [1.165, 1.54) is 11.1 Å². The Bertz CT molecular complexity index is 1390. The topological polar surface area (TPSA) is 150 Å². The lowest BCUT2D eigenvalue weighted by Crippen LogP contribution is -2.40. The van der Waals surface area contributed by atoms with Gasteiger partial charge < -0.3 is 19.7 Å². The van der Waals surface area contributed by atoms with Crippen molar-refractivity contribution < 1.29 is 23.9 Å². The summed E-state index contributed by atoms with van der Waals surface area (Å²) in [6.07, 6.45) is 5.34. The number of carbonyl (C=O) groups excluding carboxylic acids is 3. The molecule has 0 bridgehead atoms. The van der Waals surface area contributed by atoms with E-state index in [1.807, 2.05) is 18.9 Å². The molecule has 2 aromatic heterocycles. The van der Waals surface area contributed by atoms with Crippen molar-refractivity contribution in [2.45, 2.75) is 50.8 Å². The fourth-order valence-corrected chi connectivity index (χ4v) is 4.84. The highest BCUT2D eigenvalue weighted by Gasteiger charge is 2.42. The average Bonchev–Trinajstić information content (AvgIpc) is 3.66. The third-order valence-electron chi connectivity index (χ3n) is 7.41. The number of pyridine rings is 2. The monoisotopic (exact) mass is 531 g/mol. The first kappa shape index (κ1) is 26.2. The van der Waals surface area contributed by atoms with Gasteiger partial charge in [-0.25, -0.2) is 19.6 Å². The summed E-state index contributed by atoms with van der Waals surface area (Å²) in [5.41, 5.74) is 2.35. The lowest BCUT2D eigenvalue weighted by atomic mass is 10.0. The number of methoxy groups -OCH3 is 1. The summed E-state index contributed by atoms with van der Waals surface area (Å²) in [5.74, 6) is 2.60. The molecule has 202 valence electrons. The van der Waals surface area contributed by atoms with Gasteiger partial charge in [-0.1, -0.05) is 0 Å². The average molecular weight is 532 g/mol. The molecule has 2 aliphatic heterocycles. The Labute approximate surface area is 225 Å². The number of aryl methyl sites for hydroxylation is 1. The van der Waals surface area contributed by atoms with Crippen LogP contribution >= 0.6 is 0 Å². The van der Waals surface area contributed by atoms with Crippen LogP contribution in [0.4, 0.5) is 22.1 Å². The molecule has 2 N–H and O–H groups in total.